The summed E-state index contributed by atoms with van der Waals surface area (Å²) in [5.41, 5.74) is -0.888. The van der Waals surface area contributed by atoms with Crippen LogP contribution >= 0.6 is 22.9 Å². The molecule has 1 atom stereocenters. The average molecular weight is 276 g/mol. The van der Waals surface area contributed by atoms with Gasteiger partial charge >= 0.3 is 0 Å². The molecule has 0 amide bonds. The summed E-state index contributed by atoms with van der Waals surface area (Å²) in [6.45, 7) is 2.52. The second kappa shape index (κ2) is 6.17. The molecule has 0 saturated heterocycles. The zero-order chi connectivity index (χ0) is 12.9. The van der Waals surface area contributed by atoms with Gasteiger partial charge in [0.2, 0.25) is 0 Å². The standard InChI is InChI=1S/C10H14ClN3O2S/c1-10(15,3-4-16-2)6-13-9-14-8(11)7(5-12)17-9/h15H,3-4,6H2,1-2H3,(H,13,14). The molecule has 94 valence electrons. The summed E-state index contributed by atoms with van der Waals surface area (Å²) in [5.74, 6) is 0. The number of nitrogens with zero attached hydrogens (tertiary/aromatic N) is 2. The first-order valence-corrected chi connectivity index (χ1v) is 6.19. The first-order valence-electron chi connectivity index (χ1n) is 5.00. The lowest BCUT2D eigenvalue weighted by Crippen LogP contribution is -2.34. The van der Waals surface area contributed by atoms with Crippen LogP contribution in [0.25, 0.3) is 0 Å². The van der Waals surface area contributed by atoms with Crippen molar-refractivity contribution in [2.45, 2.75) is 18.9 Å². The number of nitriles is 1. The van der Waals surface area contributed by atoms with Crippen molar-refractivity contribution in [2.75, 3.05) is 25.6 Å². The van der Waals surface area contributed by atoms with Crippen molar-refractivity contribution in [1.82, 2.24) is 4.98 Å². The van der Waals surface area contributed by atoms with Crippen molar-refractivity contribution in [3.8, 4) is 6.07 Å². The maximum absolute atomic E-state index is 9.98. The Balaban J connectivity index is 2.52. The first-order chi connectivity index (χ1) is 7.98. The fourth-order valence-electron chi connectivity index (χ4n) is 1.12. The van der Waals surface area contributed by atoms with Gasteiger partial charge in [-0.1, -0.05) is 22.9 Å². The van der Waals surface area contributed by atoms with E-state index in [1.807, 2.05) is 6.07 Å². The summed E-state index contributed by atoms with van der Waals surface area (Å²) in [6, 6.07) is 1.95. The minimum atomic E-state index is -0.888. The SMILES string of the molecule is COCCC(C)(O)CNc1nc(Cl)c(C#N)s1. The van der Waals surface area contributed by atoms with Crippen LogP contribution in [-0.2, 0) is 4.74 Å². The molecular weight excluding hydrogens is 262 g/mol. The van der Waals surface area contributed by atoms with Gasteiger partial charge in [-0.3, -0.25) is 0 Å². The lowest BCUT2D eigenvalue weighted by molar-refractivity contribution is 0.0357. The summed E-state index contributed by atoms with van der Waals surface area (Å²) in [7, 11) is 1.59. The molecule has 0 fully saturated rings. The van der Waals surface area contributed by atoms with Gasteiger partial charge in [-0.05, 0) is 6.92 Å². The molecule has 0 aromatic carbocycles. The van der Waals surface area contributed by atoms with Gasteiger partial charge in [0.25, 0.3) is 0 Å². The number of halogens is 1. The summed E-state index contributed by atoms with van der Waals surface area (Å²) in [6.07, 6.45) is 0.515. The number of methoxy groups -OCH3 is 1. The van der Waals surface area contributed by atoms with Gasteiger partial charge in [0.1, 0.15) is 10.9 Å². The molecule has 2 N–H and O–H groups in total. The number of ether oxygens (including phenoxy) is 1. The third-order valence-corrected chi connectivity index (χ3v) is 3.46. The molecule has 0 radical (unpaired) electrons. The molecule has 0 bridgehead atoms. The van der Waals surface area contributed by atoms with Crippen LogP contribution in [0.15, 0.2) is 0 Å². The zero-order valence-electron chi connectivity index (χ0n) is 9.66. The van der Waals surface area contributed by atoms with Crippen LogP contribution in [0.1, 0.15) is 18.2 Å². The Morgan fingerprint density at radius 2 is 2.41 bits per heavy atom. The van der Waals surface area contributed by atoms with E-state index in [1.54, 1.807) is 14.0 Å². The van der Waals surface area contributed by atoms with Gasteiger partial charge in [0.15, 0.2) is 10.3 Å². The van der Waals surface area contributed by atoms with Gasteiger partial charge < -0.3 is 15.2 Å². The van der Waals surface area contributed by atoms with Crippen LogP contribution in [0.5, 0.6) is 0 Å². The van der Waals surface area contributed by atoms with Crippen LogP contribution in [-0.4, -0.2) is 36.0 Å². The highest BCUT2D eigenvalue weighted by molar-refractivity contribution is 7.16. The summed E-state index contributed by atoms with van der Waals surface area (Å²) < 4.78 is 4.91. The van der Waals surface area contributed by atoms with Crippen molar-refractivity contribution in [2.24, 2.45) is 0 Å². The van der Waals surface area contributed by atoms with Crippen LogP contribution < -0.4 is 5.32 Å². The normalized spacial score (nSPS) is 14.1. The highest BCUT2D eigenvalue weighted by atomic mass is 35.5. The van der Waals surface area contributed by atoms with Crippen LogP contribution in [0.4, 0.5) is 5.13 Å². The van der Waals surface area contributed by atoms with E-state index in [2.05, 4.69) is 10.3 Å². The summed E-state index contributed by atoms with van der Waals surface area (Å²) >= 11 is 6.90. The third-order valence-electron chi connectivity index (χ3n) is 2.15. The molecule has 0 spiro atoms. The van der Waals surface area contributed by atoms with Crippen LogP contribution in [0.2, 0.25) is 5.15 Å². The summed E-state index contributed by atoms with van der Waals surface area (Å²) in [5, 5.41) is 22.4. The minimum Gasteiger partial charge on any atom is -0.388 e. The molecule has 1 rings (SSSR count). The molecule has 1 aromatic rings. The molecule has 0 aliphatic heterocycles. The Hall–Kier alpha value is -0.870. The highest BCUT2D eigenvalue weighted by Crippen LogP contribution is 2.26. The van der Waals surface area contributed by atoms with Crippen molar-refractivity contribution in [1.29, 1.82) is 5.26 Å². The number of anilines is 1. The van der Waals surface area contributed by atoms with Gasteiger partial charge in [-0.25, -0.2) is 4.98 Å². The third kappa shape index (κ3) is 4.48. The van der Waals surface area contributed by atoms with Crippen molar-refractivity contribution in [3.05, 3.63) is 10.0 Å². The van der Waals surface area contributed by atoms with E-state index < -0.39 is 5.60 Å². The van der Waals surface area contributed by atoms with Gasteiger partial charge in [0, 0.05) is 26.7 Å². The zero-order valence-corrected chi connectivity index (χ0v) is 11.2. The Kier molecular flexibility index (Phi) is 5.15. The molecule has 0 aliphatic carbocycles. The Morgan fingerprint density at radius 1 is 1.71 bits per heavy atom. The predicted molar refractivity (Wildman–Crippen MR) is 67.4 cm³/mol. The Bertz CT molecular complexity index is 414. The van der Waals surface area contributed by atoms with Crippen molar-refractivity contribution >= 4 is 28.1 Å². The molecule has 17 heavy (non-hydrogen) atoms. The molecule has 1 heterocycles. The highest BCUT2D eigenvalue weighted by Gasteiger charge is 2.20. The number of aromatic nitrogens is 1. The van der Waals surface area contributed by atoms with Crippen LogP contribution in [0.3, 0.4) is 0 Å². The molecule has 1 aromatic heterocycles. The number of hydrogen-bond acceptors (Lipinski definition) is 6. The minimum absolute atomic E-state index is 0.191. The maximum Gasteiger partial charge on any atom is 0.185 e. The maximum atomic E-state index is 9.98. The van der Waals surface area contributed by atoms with Gasteiger partial charge in [0.05, 0.1) is 5.60 Å². The monoisotopic (exact) mass is 275 g/mol. The molecule has 0 saturated carbocycles. The van der Waals surface area contributed by atoms with E-state index >= 15 is 0 Å². The fraction of sp³-hybridized carbons (Fsp3) is 0.600. The predicted octanol–water partition coefficient (Wildman–Crippen LogP) is 1.87. The molecule has 5 nitrogen and oxygen atoms in total. The number of nitrogens with one attached hydrogen (secondary N) is 1. The lowest BCUT2D eigenvalue weighted by atomic mass is 10.0. The van der Waals surface area contributed by atoms with Crippen molar-refractivity contribution < 1.29 is 9.84 Å². The topological polar surface area (TPSA) is 78.2 Å². The van der Waals surface area contributed by atoms with Gasteiger partial charge in [-0.15, -0.1) is 0 Å². The van der Waals surface area contributed by atoms with E-state index in [0.29, 0.717) is 29.6 Å². The number of hydrogen-bond donors (Lipinski definition) is 2. The van der Waals surface area contributed by atoms with Crippen LogP contribution in [0, 0.1) is 11.3 Å². The quantitative estimate of drug-likeness (QED) is 0.829. The fourth-order valence-corrected chi connectivity index (χ4v) is 2.07. The lowest BCUT2D eigenvalue weighted by Gasteiger charge is -2.22. The largest absolute Gasteiger partial charge is 0.388 e. The van der Waals surface area contributed by atoms with E-state index in [-0.39, 0.29) is 5.15 Å². The van der Waals surface area contributed by atoms with Gasteiger partial charge in [-0.2, -0.15) is 5.26 Å². The Labute approximate surface area is 109 Å². The van der Waals surface area contributed by atoms with E-state index in [9.17, 15) is 5.11 Å². The van der Waals surface area contributed by atoms with E-state index in [0.717, 1.165) is 0 Å². The second-order valence-corrected chi connectivity index (χ2v) is 5.20. The van der Waals surface area contributed by atoms with E-state index in [4.69, 9.17) is 21.6 Å². The number of thiazole rings is 1. The molecular formula is C10H14ClN3O2S. The average Bonchev–Trinajstić information content (AvgIpc) is 2.65. The molecule has 7 heteroatoms. The summed E-state index contributed by atoms with van der Waals surface area (Å²) in [4.78, 5) is 4.34. The van der Waals surface area contributed by atoms with E-state index in [1.165, 1.54) is 11.3 Å². The first kappa shape index (κ1) is 14.2. The van der Waals surface area contributed by atoms with Crippen molar-refractivity contribution in [3.63, 3.8) is 0 Å². The molecule has 1 unspecified atom stereocenters. The second-order valence-electron chi connectivity index (χ2n) is 3.84. The number of rotatable bonds is 6. The molecule has 0 aliphatic rings. The Morgan fingerprint density at radius 3 is 2.94 bits per heavy atom. The number of aliphatic hydroxyl groups is 1. The smallest absolute Gasteiger partial charge is 0.185 e.